The van der Waals surface area contributed by atoms with Crippen LogP contribution in [0.2, 0.25) is 16.6 Å². The molecule has 0 aromatic carbocycles. The highest BCUT2D eigenvalue weighted by atomic mass is 28.4. The minimum Gasteiger partial charge on any atom is -0.542 e. The minimum absolute atomic E-state index is 0.336. The number of carbonyl (C=O) groups excluding carboxylic acids is 1. The van der Waals surface area contributed by atoms with E-state index in [1.807, 2.05) is 0 Å². The van der Waals surface area contributed by atoms with Gasteiger partial charge in [-0.15, -0.1) is 0 Å². The van der Waals surface area contributed by atoms with Crippen LogP contribution in [0.15, 0.2) is 12.3 Å². The second-order valence-electron chi connectivity index (χ2n) is 6.31. The van der Waals surface area contributed by atoms with Crippen molar-refractivity contribution in [3.05, 3.63) is 17.8 Å². The van der Waals surface area contributed by atoms with Gasteiger partial charge in [-0.1, -0.05) is 41.5 Å². The number of carbonyl (C=O) groups is 1. The predicted molar refractivity (Wildman–Crippen MR) is 87.9 cm³/mol. The summed E-state index contributed by atoms with van der Waals surface area (Å²) in [5, 5.41) is 0. The average Bonchev–Trinajstić information content (AvgIpc) is 2.43. The SMILES string of the molecule is COc1ncc(O[Si](C(C)C)(C(C)C)C(C)C)cc1C=O. The first-order valence-corrected chi connectivity index (χ1v) is 9.61. The lowest BCUT2D eigenvalue weighted by molar-refractivity contribution is 0.111. The first-order chi connectivity index (χ1) is 9.79. The van der Waals surface area contributed by atoms with Crippen LogP contribution in [0.1, 0.15) is 51.9 Å². The molecule has 5 heteroatoms. The Morgan fingerprint density at radius 1 is 1.10 bits per heavy atom. The van der Waals surface area contributed by atoms with E-state index in [0.29, 0.717) is 33.8 Å². The Balaban J connectivity index is 3.24. The Labute approximate surface area is 129 Å². The van der Waals surface area contributed by atoms with Gasteiger partial charge in [0.05, 0.1) is 18.9 Å². The lowest BCUT2D eigenvalue weighted by atomic mass is 10.3. The summed E-state index contributed by atoms with van der Waals surface area (Å²) in [5.41, 5.74) is 1.84. The number of nitrogens with zero attached hydrogens (tertiary/aromatic N) is 1. The first-order valence-electron chi connectivity index (χ1n) is 7.47. The maximum absolute atomic E-state index is 11.1. The fourth-order valence-corrected chi connectivity index (χ4v) is 8.54. The Morgan fingerprint density at radius 3 is 2.00 bits per heavy atom. The lowest BCUT2D eigenvalue weighted by Crippen LogP contribution is -2.50. The van der Waals surface area contributed by atoms with Crippen molar-refractivity contribution < 1.29 is 14.0 Å². The molecule has 4 nitrogen and oxygen atoms in total. The van der Waals surface area contributed by atoms with Crippen LogP contribution >= 0.6 is 0 Å². The van der Waals surface area contributed by atoms with E-state index in [-0.39, 0.29) is 0 Å². The highest BCUT2D eigenvalue weighted by molar-refractivity contribution is 6.78. The van der Waals surface area contributed by atoms with Crippen molar-refractivity contribution in [3.8, 4) is 11.6 Å². The van der Waals surface area contributed by atoms with E-state index in [1.54, 1.807) is 12.3 Å². The third-order valence-corrected chi connectivity index (χ3v) is 10.2. The number of aromatic nitrogens is 1. The average molecular weight is 309 g/mol. The van der Waals surface area contributed by atoms with Crippen molar-refractivity contribution in [3.63, 3.8) is 0 Å². The number of ether oxygens (including phenoxy) is 1. The summed E-state index contributed by atoms with van der Waals surface area (Å²) in [7, 11) is -0.523. The molecule has 21 heavy (non-hydrogen) atoms. The fourth-order valence-electron chi connectivity index (χ4n) is 3.32. The molecule has 0 saturated carbocycles. The number of aldehydes is 1. The Bertz CT molecular complexity index is 465. The monoisotopic (exact) mass is 309 g/mol. The zero-order valence-corrected chi connectivity index (χ0v) is 15.1. The van der Waals surface area contributed by atoms with Crippen LogP contribution < -0.4 is 9.16 Å². The molecule has 1 heterocycles. The first kappa shape index (κ1) is 17.7. The van der Waals surface area contributed by atoms with Gasteiger partial charge in [-0.05, 0) is 22.7 Å². The molecule has 0 saturated heterocycles. The van der Waals surface area contributed by atoms with Crippen molar-refractivity contribution in [2.45, 2.75) is 58.2 Å². The Kier molecular flexibility index (Phi) is 5.95. The molecule has 0 unspecified atom stereocenters. The van der Waals surface area contributed by atoms with Gasteiger partial charge < -0.3 is 9.16 Å². The molecule has 118 valence electrons. The molecule has 1 aromatic rings. The molecule has 0 bridgehead atoms. The predicted octanol–water partition coefficient (Wildman–Crippen LogP) is 4.46. The zero-order chi connectivity index (χ0) is 16.2. The van der Waals surface area contributed by atoms with Gasteiger partial charge in [0.15, 0.2) is 6.29 Å². The normalized spacial score (nSPS) is 12.1. The molecular formula is C16H27NO3Si. The van der Waals surface area contributed by atoms with E-state index >= 15 is 0 Å². The van der Waals surface area contributed by atoms with Crippen LogP contribution in [-0.2, 0) is 0 Å². The summed E-state index contributed by atoms with van der Waals surface area (Å²) in [6, 6.07) is 1.73. The summed E-state index contributed by atoms with van der Waals surface area (Å²) >= 11 is 0. The van der Waals surface area contributed by atoms with E-state index < -0.39 is 8.32 Å². The van der Waals surface area contributed by atoms with Gasteiger partial charge in [0, 0.05) is 0 Å². The molecule has 0 fully saturated rings. The van der Waals surface area contributed by atoms with Crippen molar-refractivity contribution in [2.75, 3.05) is 7.11 Å². The van der Waals surface area contributed by atoms with Crippen LogP contribution in [0.3, 0.4) is 0 Å². The fraction of sp³-hybridized carbons (Fsp3) is 0.625. The summed E-state index contributed by atoms with van der Waals surface area (Å²) in [6.07, 6.45) is 2.41. The van der Waals surface area contributed by atoms with Crippen molar-refractivity contribution in [1.29, 1.82) is 0 Å². The number of methoxy groups -OCH3 is 1. The minimum atomic E-state index is -2.03. The highest BCUT2D eigenvalue weighted by Crippen LogP contribution is 2.42. The summed E-state index contributed by atoms with van der Waals surface area (Å²) < 4.78 is 11.6. The van der Waals surface area contributed by atoms with Gasteiger partial charge in [0.25, 0.3) is 8.32 Å². The third-order valence-electron chi connectivity index (χ3n) is 4.18. The van der Waals surface area contributed by atoms with Gasteiger partial charge in [0.2, 0.25) is 5.88 Å². The van der Waals surface area contributed by atoms with Crippen LogP contribution in [0, 0.1) is 0 Å². The van der Waals surface area contributed by atoms with Crippen molar-refractivity contribution >= 4 is 14.6 Å². The molecule has 0 spiro atoms. The Morgan fingerprint density at radius 2 is 1.62 bits per heavy atom. The quantitative estimate of drug-likeness (QED) is 0.551. The van der Waals surface area contributed by atoms with E-state index in [2.05, 4.69) is 46.5 Å². The van der Waals surface area contributed by atoms with Crippen LogP contribution in [0.5, 0.6) is 11.6 Å². The van der Waals surface area contributed by atoms with Gasteiger partial charge in [-0.25, -0.2) is 4.98 Å². The van der Waals surface area contributed by atoms with Crippen LogP contribution in [0.4, 0.5) is 0 Å². The maximum atomic E-state index is 11.1. The van der Waals surface area contributed by atoms with Crippen molar-refractivity contribution in [1.82, 2.24) is 4.98 Å². The molecule has 1 aromatic heterocycles. The third kappa shape index (κ3) is 3.46. The van der Waals surface area contributed by atoms with Crippen LogP contribution in [0.25, 0.3) is 0 Å². The summed E-state index contributed by atoms with van der Waals surface area (Å²) in [5.74, 6) is 1.00. The maximum Gasteiger partial charge on any atom is 0.258 e. The van der Waals surface area contributed by atoms with Crippen LogP contribution in [-0.4, -0.2) is 26.7 Å². The molecular weight excluding hydrogens is 282 g/mol. The molecule has 0 aliphatic rings. The second-order valence-corrected chi connectivity index (χ2v) is 11.7. The summed E-state index contributed by atoms with van der Waals surface area (Å²) in [6.45, 7) is 13.4. The number of rotatable bonds is 7. The van der Waals surface area contributed by atoms with Gasteiger partial charge in [-0.2, -0.15) is 0 Å². The number of hydrogen-bond acceptors (Lipinski definition) is 4. The standard InChI is InChI=1S/C16H27NO3Si/c1-11(2)21(12(3)4,13(5)6)20-15-8-14(10-18)16(19-7)17-9-15/h8-13H,1-7H3. The molecule has 0 N–H and O–H groups in total. The second kappa shape index (κ2) is 7.07. The molecule has 0 aliphatic heterocycles. The smallest absolute Gasteiger partial charge is 0.258 e. The largest absolute Gasteiger partial charge is 0.542 e. The van der Waals surface area contributed by atoms with Gasteiger partial charge in [-0.3, -0.25) is 4.79 Å². The van der Waals surface area contributed by atoms with Gasteiger partial charge in [0.1, 0.15) is 5.75 Å². The Hall–Kier alpha value is -1.36. The molecule has 0 atom stereocenters. The molecule has 0 amide bonds. The van der Waals surface area contributed by atoms with E-state index in [1.165, 1.54) is 7.11 Å². The number of pyridine rings is 1. The molecule has 0 radical (unpaired) electrons. The molecule has 0 aliphatic carbocycles. The summed E-state index contributed by atoms with van der Waals surface area (Å²) in [4.78, 5) is 15.3. The van der Waals surface area contributed by atoms with Gasteiger partial charge >= 0.3 is 0 Å². The lowest BCUT2D eigenvalue weighted by Gasteiger charge is -2.42. The zero-order valence-electron chi connectivity index (χ0n) is 14.1. The van der Waals surface area contributed by atoms with E-state index in [0.717, 1.165) is 6.29 Å². The topological polar surface area (TPSA) is 48.4 Å². The highest BCUT2D eigenvalue weighted by Gasteiger charge is 2.47. The molecule has 1 rings (SSSR count). The van der Waals surface area contributed by atoms with E-state index in [4.69, 9.17) is 9.16 Å². The number of hydrogen-bond donors (Lipinski definition) is 0. The van der Waals surface area contributed by atoms with E-state index in [9.17, 15) is 4.79 Å². The van der Waals surface area contributed by atoms with Crippen molar-refractivity contribution in [2.24, 2.45) is 0 Å².